The van der Waals surface area contributed by atoms with Gasteiger partial charge in [0, 0.05) is 23.2 Å². The van der Waals surface area contributed by atoms with Gasteiger partial charge in [-0.2, -0.15) is 0 Å². The Kier molecular flexibility index (Phi) is 2.88. The summed E-state index contributed by atoms with van der Waals surface area (Å²) in [6, 6.07) is 12.5. The molecule has 118 valence electrons. The molecule has 0 fully saturated rings. The van der Waals surface area contributed by atoms with Crippen molar-refractivity contribution in [2.24, 2.45) is 9.98 Å². The summed E-state index contributed by atoms with van der Waals surface area (Å²) >= 11 is 1.71. The van der Waals surface area contributed by atoms with E-state index < -0.39 is 0 Å². The van der Waals surface area contributed by atoms with Crippen LogP contribution < -0.4 is 0 Å². The highest BCUT2D eigenvalue weighted by molar-refractivity contribution is 7.21. The zero-order chi connectivity index (χ0) is 16.3. The molecule has 5 heteroatoms. The molecule has 0 bridgehead atoms. The maximum absolute atomic E-state index is 5.07. The average Bonchev–Trinajstić information content (AvgIpc) is 3.18. The molecule has 2 aliphatic rings. The normalized spacial score (nSPS) is 16.0. The molecule has 0 atom stereocenters. The first-order valence-corrected chi connectivity index (χ1v) is 8.91. The fourth-order valence-corrected chi connectivity index (χ4v) is 4.76. The predicted octanol–water partition coefficient (Wildman–Crippen LogP) is 4.07. The highest BCUT2D eigenvalue weighted by Gasteiger charge is 2.33. The summed E-state index contributed by atoms with van der Waals surface area (Å²) in [5, 5.41) is 1.17. The molecule has 0 spiro atoms. The van der Waals surface area contributed by atoms with Crippen molar-refractivity contribution >= 4 is 38.9 Å². The van der Waals surface area contributed by atoms with Crippen LogP contribution >= 0.6 is 11.3 Å². The van der Waals surface area contributed by atoms with E-state index in [-0.39, 0.29) is 0 Å². The van der Waals surface area contributed by atoms with Crippen molar-refractivity contribution < 1.29 is 0 Å². The van der Waals surface area contributed by atoms with Gasteiger partial charge in [-0.25, -0.2) is 9.98 Å². The Morgan fingerprint density at radius 3 is 2.75 bits per heavy atom. The van der Waals surface area contributed by atoms with Crippen LogP contribution in [0.5, 0.6) is 0 Å². The molecular formula is C19H16N4S. The number of hydrogen-bond donors (Lipinski definition) is 0. The van der Waals surface area contributed by atoms with Crippen LogP contribution in [0.1, 0.15) is 21.7 Å². The number of rotatable bonds is 1. The first-order chi connectivity index (χ1) is 11.7. The number of nitrogens with zero attached hydrogens (tertiary/aromatic N) is 4. The maximum atomic E-state index is 5.07. The van der Waals surface area contributed by atoms with Gasteiger partial charge >= 0.3 is 0 Å². The van der Waals surface area contributed by atoms with Gasteiger partial charge in [-0.1, -0.05) is 30.3 Å². The van der Waals surface area contributed by atoms with E-state index in [0.29, 0.717) is 0 Å². The SMILES string of the molecule is Cc1cc(C)c2c3c(sc2n1)C1=NCCN1C(c1ccccc1)=N3. The van der Waals surface area contributed by atoms with Crippen LogP contribution in [0.4, 0.5) is 5.69 Å². The Labute approximate surface area is 144 Å². The van der Waals surface area contributed by atoms with Crippen LogP contribution in [-0.2, 0) is 0 Å². The Balaban J connectivity index is 1.84. The third kappa shape index (κ3) is 1.88. The second kappa shape index (κ2) is 4.98. The highest BCUT2D eigenvalue weighted by atomic mass is 32.1. The number of benzene rings is 1. The molecule has 0 saturated carbocycles. The molecule has 4 heterocycles. The molecule has 0 radical (unpaired) electrons. The average molecular weight is 332 g/mol. The van der Waals surface area contributed by atoms with E-state index in [1.54, 1.807) is 11.3 Å². The van der Waals surface area contributed by atoms with Crippen molar-refractivity contribution in [1.29, 1.82) is 0 Å². The number of aliphatic imine (C=N–C) groups is 2. The standard InChI is InChI=1S/C19H16N4S/c1-11-10-12(2)21-19-14(11)15-16(24-19)18-20-8-9-23(18)17(22-15)13-6-4-3-5-7-13/h3-7,10H,8-9H2,1-2H3. The number of aromatic nitrogens is 1. The molecule has 0 unspecified atom stereocenters. The van der Waals surface area contributed by atoms with Gasteiger partial charge in [0.1, 0.15) is 16.5 Å². The van der Waals surface area contributed by atoms with Gasteiger partial charge < -0.3 is 4.90 Å². The fraction of sp³-hybridized carbons (Fsp3) is 0.211. The summed E-state index contributed by atoms with van der Waals surface area (Å²) in [6.07, 6.45) is 0. The quantitative estimate of drug-likeness (QED) is 0.674. The number of thiophene rings is 1. The van der Waals surface area contributed by atoms with Gasteiger partial charge in [0.15, 0.2) is 0 Å². The predicted molar refractivity (Wildman–Crippen MR) is 99.8 cm³/mol. The summed E-state index contributed by atoms with van der Waals surface area (Å²) in [5.74, 6) is 2.05. The van der Waals surface area contributed by atoms with Crippen molar-refractivity contribution in [1.82, 2.24) is 9.88 Å². The minimum Gasteiger partial charge on any atom is -0.308 e. The minimum atomic E-state index is 0.820. The van der Waals surface area contributed by atoms with Crippen LogP contribution in [0.3, 0.4) is 0 Å². The summed E-state index contributed by atoms with van der Waals surface area (Å²) in [7, 11) is 0. The molecule has 0 aliphatic carbocycles. The van der Waals surface area contributed by atoms with E-state index in [2.05, 4.69) is 42.2 Å². The Bertz CT molecular complexity index is 1030. The van der Waals surface area contributed by atoms with Crippen LogP contribution in [0.15, 0.2) is 46.4 Å². The van der Waals surface area contributed by atoms with Crippen LogP contribution in [0, 0.1) is 13.8 Å². The van der Waals surface area contributed by atoms with Crippen LogP contribution in [0.25, 0.3) is 10.2 Å². The Morgan fingerprint density at radius 2 is 1.92 bits per heavy atom. The van der Waals surface area contributed by atoms with Crippen LogP contribution in [0.2, 0.25) is 0 Å². The summed E-state index contributed by atoms with van der Waals surface area (Å²) in [6.45, 7) is 5.90. The van der Waals surface area contributed by atoms with E-state index in [9.17, 15) is 0 Å². The van der Waals surface area contributed by atoms with Gasteiger partial charge in [-0.3, -0.25) is 4.99 Å². The third-order valence-corrected chi connectivity index (χ3v) is 5.58. The minimum absolute atomic E-state index is 0.820. The molecule has 3 aromatic rings. The summed E-state index contributed by atoms with van der Waals surface area (Å²) in [5.41, 5.74) is 4.46. The lowest BCUT2D eigenvalue weighted by Crippen LogP contribution is -2.37. The lowest BCUT2D eigenvalue weighted by Gasteiger charge is -2.26. The molecule has 5 rings (SSSR count). The van der Waals surface area contributed by atoms with Crippen molar-refractivity contribution in [3.8, 4) is 0 Å². The monoisotopic (exact) mass is 332 g/mol. The number of amidine groups is 2. The molecule has 1 aromatic carbocycles. The van der Waals surface area contributed by atoms with Gasteiger partial charge in [0.25, 0.3) is 0 Å². The van der Waals surface area contributed by atoms with Crippen molar-refractivity contribution in [3.63, 3.8) is 0 Å². The van der Waals surface area contributed by atoms with Gasteiger partial charge in [0.2, 0.25) is 0 Å². The van der Waals surface area contributed by atoms with Crippen molar-refractivity contribution in [2.45, 2.75) is 13.8 Å². The molecule has 0 N–H and O–H groups in total. The van der Waals surface area contributed by atoms with Gasteiger partial charge in [-0.05, 0) is 25.5 Å². The molecule has 4 nitrogen and oxygen atoms in total. The second-order valence-corrected chi connectivity index (χ2v) is 7.20. The highest BCUT2D eigenvalue weighted by Crippen LogP contribution is 2.43. The topological polar surface area (TPSA) is 40.9 Å². The first kappa shape index (κ1) is 13.9. The number of pyridine rings is 1. The lowest BCUT2D eigenvalue weighted by atomic mass is 10.1. The fourth-order valence-electron chi connectivity index (χ4n) is 3.50. The van der Waals surface area contributed by atoms with E-state index in [4.69, 9.17) is 15.0 Å². The number of hydrogen-bond acceptors (Lipinski definition) is 5. The van der Waals surface area contributed by atoms with Crippen LogP contribution in [-0.4, -0.2) is 34.6 Å². The van der Waals surface area contributed by atoms with Crippen molar-refractivity contribution in [3.05, 3.63) is 58.1 Å². The summed E-state index contributed by atoms with van der Waals surface area (Å²) < 4.78 is 0. The molecule has 0 saturated heterocycles. The zero-order valence-electron chi connectivity index (χ0n) is 13.6. The van der Waals surface area contributed by atoms with E-state index >= 15 is 0 Å². The van der Waals surface area contributed by atoms with Gasteiger partial charge in [-0.15, -0.1) is 11.3 Å². The molecule has 2 aromatic heterocycles. The second-order valence-electron chi connectivity index (χ2n) is 6.20. The maximum Gasteiger partial charge on any atom is 0.149 e. The van der Waals surface area contributed by atoms with E-state index in [1.165, 1.54) is 10.9 Å². The van der Waals surface area contributed by atoms with E-state index in [1.807, 2.05) is 13.0 Å². The molecular weight excluding hydrogens is 316 g/mol. The zero-order valence-corrected chi connectivity index (χ0v) is 14.4. The smallest absolute Gasteiger partial charge is 0.149 e. The van der Waals surface area contributed by atoms with Crippen molar-refractivity contribution in [2.75, 3.05) is 13.1 Å². The molecule has 2 aliphatic heterocycles. The number of fused-ring (bicyclic) bond motifs is 5. The largest absolute Gasteiger partial charge is 0.308 e. The molecule has 0 amide bonds. The Morgan fingerprint density at radius 1 is 1.08 bits per heavy atom. The third-order valence-electron chi connectivity index (χ3n) is 4.51. The van der Waals surface area contributed by atoms with E-state index in [0.717, 1.165) is 51.4 Å². The molecule has 24 heavy (non-hydrogen) atoms. The lowest BCUT2D eigenvalue weighted by molar-refractivity contribution is 0.664. The van der Waals surface area contributed by atoms with Gasteiger partial charge in [0.05, 0.1) is 17.1 Å². The number of aryl methyl sites for hydroxylation is 2. The summed E-state index contributed by atoms with van der Waals surface area (Å²) in [4.78, 5) is 19.0. The Hall–Kier alpha value is -2.53. The first-order valence-electron chi connectivity index (χ1n) is 8.09.